The Morgan fingerprint density at radius 2 is 2.21 bits per heavy atom. The minimum Gasteiger partial charge on any atom is -0.383 e. The first-order valence-corrected chi connectivity index (χ1v) is 7.55. The van der Waals surface area contributed by atoms with Gasteiger partial charge in [0.1, 0.15) is 12.2 Å². The molecule has 0 saturated heterocycles. The highest BCUT2D eigenvalue weighted by Crippen LogP contribution is 2.48. The van der Waals surface area contributed by atoms with Crippen molar-refractivity contribution in [2.75, 3.05) is 18.7 Å². The molecule has 1 aromatic rings. The van der Waals surface area contributed by atoms with Crippen molar-refractivity contribution in [3.63, 3.8) is 0 Å². The van der Waals surface area contributed by atoms with Crippen LogP contribution in [-0.4, -0.2) is 32.3 Å². The molecule has 0 atom stereocenters. The highest BCUT2D eigenvalue weighted by Gasteiger charge is 2.43. The van der Waals surface area contributed by atoms with Gasteiger partial charge in [-0.2, -0.15) is 4.98 Å². The fourth-order valence-electron chi connectivity index (χ4n) is 1.83. The van der Waals surface area contributed by atoms with E-state index >= 15 is 0 Å². The number of nitrogens with two attached hydrogens (primary N) is 1. The van der Waals surface area contributed by atoms with E-state index in [1.54, 1.807) is 6.20 Å². The Balaban J connectivity index is 1.95. The van der Waals surface area contributed by atoms with Gasteiger partial charge < -0.3 is 20.3 Å². The van der Waals surface area contributed by atoms with Gasteiger partial charge >= 0.3 is 13.3 Å². The molecule has 0 radical (unpaired) electrons. The van der Waals surface area contributed by atoms with E-state index in [1.165, 1.54) is 10.6 Å². The van der Waals surface area contributed by atoms with Gasteiger partial charge in [0.15, 0.2) is 0 Å². The minimum absolute atomic E-state index is 0.170. The molecule has 0 bridgehead atoms. The van der Waals surface area contributed by atoms with E-state index in [0.29, 0.717) is 6.54 Å². The molecule has 0 unspecified atom stereocenters. The van der Waals surface area contributed by atoms with Crippen LogP contribution in [0.1, 0.15) is 12.8 Å². The SMILES string of the molecule is Nc1ccn(CC2(COCP(=O)(O)O)CC2)c(=O)n1. The molecular weight excluding hydrogens is 273 g/mol. The fraction of sp³-hybridized carbons (Fsp3) is 0.600. The summed E-state index contributed by atoms with van der Waals surface area (Å²) >= 11 is 0. The van der Waals surface area contributed by atoms with E-state index in [-0.39, 0.29) is 17.8 Å². The summed E-state index contributed by atoms with van der Waals surface area (Å²) in [5.74, 6) is 0.170. The van der Waals surface area contributed by atoms with Crippen LogP contribution in [-0.2, 0) is 15.8 Å². The number of nitrogen functional groups attached to an aromatic ring is 1. The van der Waals surface area contributed by atoms with Crippen LogP contribution in [0.2, 0.25) is 0 Å². The topological polar surface area (TPSA) is 128 Å². The molecule has 1 aliphatic rings. The average molecular weight is 289 g/mol. The van der Waals surface area contributed by atoms with Crippen molar-refractivity contribution in [2.24, 2.45) is 5.41 Å². The highest BCUT2D eigenvalue weighted by molar-refractivity contribution is 7.51. The maximum atomic E-state index is 11.6. The Bertz CT molecular complexity index is 563. The van der Waals surface area contributed by atoms with E-state index in [2.05, 4.69) is 4.98 Å². The third-order valence-corrected chi connectivity index (χ3v) is 3.55. The lowest BCUT2D eigenvalue weighted by molar-refractivity contribution is 0.103. The Labute approximate surface area is 109 Å². The fourth-order valence-corrected chi connectivity index (χ4v) is 2.16. The third kappa shape index (κ3) is 4.14. The van der Waals surface area contributed by atoms with Crippen LogP contribution in [0.15, 0.2) is 17.1 Å². The molecule has 1 saturated carbocycles. The Kier molecular flexibility index (Phi) is 3.78. The molecule has 0 aromatic carbocycles. The largest absolute Gasteiger partial charge is 0.383 e. The first-order valence-electron chi connectivity index (χ1n) is 5.75. The lowest BCUT2D eigenvalue weighted by atomic mass is 10.1. The number of rotatable bonds is 6. The molecular formula is C10H16N3O5P. The van der Waals surface area contributed by atoms with Gasteiger partial charge in [-0.1, -0.05) is 0 Å². The van der Waals surface area contributed by atoms with E-state index in [0.717, 1.165) is 12.8 Å². The molecule has 1 aromatic heterocycles. The van der Waals surface area contributed by atoms with Crippen molar-refractivity contribution in [1.29, 1.82) is 0 Å². The van der Waals surface area contributed by atoms with Gasteiger partial charge in [-0.3, -0.25) is 9.13 Å². The summed E-state index contributed by atoms with van der Waals surface area (Å²) in [6, 6.07) is 1.54. The zero-order valence-corrected chi connectivity index (χ0v) is 11.1. The van der Waals surface area contributed by atoms with Crippen LogP contribution in [0.3, 0.4) is 0 Å². The monoisotopic (exact) mass is 289 g/mol. The molecule has 1 heterocycles. The van der Waals surface area contributed by atoms with Crippen LogP contribution in [0.25, 0.3) is 0 Å². The summed E-state index contributed by atoms with van der Waals surface area (Å²) in [6.07, 6.45) is 2.67. The molecule has 2 rings (SSSR count). The minimum atomic E-state index is -4.14. The van der Waals surface area contributed by atoms with Crippen molar-refractivity contribution >= 4 is 13.4 Å². The third-order valence-electron chi connectivity index (χ3n) is 3.03. The number of hydrogen-bond donors (Lipinski definition) is 3. The lowest BCUT2D eigenvalue weighted by Gasteiger charge is -2.16. The van der Waals surface area contributed by atoms with Gasteiger partial charge in [0.05, 0.1) is 6.61 Å². The molecule has 0 spiro atoms. The van der Waals surface area contributed by atoms with Crippen LogP contribution < -0.4 is 11.4 Å². The average Bonchev–Trinajstić information content (AvgIpc) is 3.01. The smallest absolute Gasteiger partial charge is 0.350 e. The molecule has 0 amide bonds. The Hall–Kier alpha value is -1.21. The normalized spacial score (nSPS) is 17.4. The summed E-state index contributed by atoms with van der Waals surface area (Å²) in [7, 11) is -4.14. The predicted octanol–water partition coefficient (Wildman–Crippen LogP) is -0.243. The van der Waals surface area contributed by atoms with Crippen molar-refractivity contribution < 1.29 is 19.1 Å². The van der Waals surface area contributed by atoms with Gasteiger partial charge in [-0.25, -0.2) is 4.79 Å². The summed E-state index contributed by atoms with van der Waals surface area (Å²) in [5.41, 5.74) is 4.74. The number of aromatic nitrogens is 2. The van der Waals surface area contributed by atoms with Crippen molar-refractivity contribution in [1.82, 2.24) is 9.55 Å². The van der Waals surface area contributed by atoms with Gasteiger partial charge in [0, 0.05) is 18.2 Å². The summed E-state index contributed by atoms with van der Waals surface area (Å²) in [6.45, 7) is 0.634. The van der Waals surface area contributed by atoms with Crippen LogP contribution >= 0.6 is 7.60 Å². The Morgan fingerprint density at radius 3 is 2.74 bits per heavy atom. The quantitative estimate of drug-likeness (QED) is 0.616. The predicted molar refractivity (Wildman–Crippen MR) is 67.4 cm³/mol. The first kappa shape index (κ1) is 14.2. The molecule has 106 valence electrons. The van der Waals surface area contributed by atoms with Crippen LogP contribution in [0.5, 0.6) is 0 Å². The molecule has 0 aliphatic heterocycles. The number of hydrogen-bond acceptors (Lipinski definition) is 5. The molecule has 4 N–H and O–H groups in total. The van der Waals surface area contributed by atoms with Gasteiger partial charge in [0.25, 0.3) is 0 Å². The van der Waals surface area contributed by atoms with Gasteiger partial charge in [-0.05, 0) is 18.9 Å². The number of ether oxygens (including phenoxy) is 1. The van der Waals surface area contributed by atoms with Crippen LogP contribution in [0.4, 0.5) is 5.82 Å². The molecule has 9 heteroatoms. The standard InChI is InChI=1S/C10H16N3O5P/c11-8-1-4-13(9(14)12-8)5-10(2-3-10)6-18-7-19(15,16)17/h1,4H,2-3,5-7H2,(H2,11,12,14)(H2,15,16,17). The van der Waals surface area contributed by atoms with Crippen molar-refractivity contribution in [3.8, 4) is 0 Å². The summed E-state index contributed by atoms with van der Waals surface area (Å²) in [4.78, 5) is 32.6. The second kappa shape index (κ2) is 5.05. The van der Waals surface area contributed by atoms with E-state index in [9.17, 15) is 9.36 Å². The molecule has 1 aliphatic carbocycles. The number of nitrogens with zero attached hydrogens (tertiary/aromatic N) is 2. The lowest BCUT2D eigenvalue weighted by Crippen LogP contribution is -2.29. The van der Waals surface area contributed by atoms with E-state index < -0.39 is 19.6 Å². The van der Waals surface area contributed by atoms with Crippen LogP contribution in [0, 0.1) is 5.41 Å². The van der Waals surface area contributed by atoms with E-state index in [1.807, 2.05) is 0 Å². The second-order valence-electron chi connectivity index (χ2n) is 4.91. The number of anilines is 1. The molecule has 8 nitrogen and oxygen atoms in total. The van der Waals surface area contributed by atoms with Crippen molar-refractivity contribution in [2.45, 2.75) is 19.4 Å². The highest BCUT2D eigenvalue weighted by atomic mass is 31.2. The Morgan fingerprint density at radius 1 is 1.53 bits per heavy atom. The maximum Gasteiger partial charge on any atom is 0.350 e. The van der Waals surface area contributed by atoms with Crippen molar-refractivity contribution in [3.05, 3.63) is 22.7 Å². The molecule has 1 fully saturated rings. The summed E-state index contributed by atoms with van der Waals surface area (Å²) in [5, 5.41) is 0. The molecule has 19 heavy (non-hydrogen) atoms. The first-order chi connectivity index (χ1) is 8.80. The zero-order chi connectivity index (χ0) is 14.1. The zero-order valence-electron chi connectivity index (χ0n) is 10.2. The van der Waals surface area contributed by atoms with Gasteiger partial charge in [-0.15, -0.1) is 0 Å². The van der Waals surface area contributed by atoms with E-state index in [4.69, 9.17) is 20.3 Å². The second-order valence-corrected chi connectivity index (χ2v) is 6.49. The maximum absolute atomic E-state index is 11.6. The summed E-state index contributed by atoms with van der Waals surface area (Å²) < 4.78 is 17.2. The van der Waals surface area contributed by atoms with Gasteiger partial charge in [0.2, 0.25) is 0 Å².